The Morgan fingerprint density at radius 2 is 2.12 bits per heavy atom. The van der Waals surface area contributed by atoms with Crippen molar-refractivity contribution in [3.05, 3.63) is 58.0 Å². The fraction of sp³-hybridized carbons (Fsp3) is 0.222. The Morgan fingerprint density at radius 3 is 2.75 bits per heavy atom. The molecule has 1 aliphatic heterocycles. The SMILES string of the molecule is CCC(=O)C1=C(O)C(=O)N(c2cccc(OC)c2)C1c1cccs1. The molecule has 2 aromatic rings. The number of methoxy groups -OCH3 is 1. The summed E-state index contributed by atoms with van der Waals surface area (Å²) in [7, 11) is 1.55. The number of hydrogen-bond donors (Lipinski definition) is 1. The van der Waals surface area contributed by atoms with Gasteiger partial charge in [-0.15, -0.1) is 11.3 Å². The number of carbonyl (C=O) groups excluding carboxylic acids is 2. The molecule has 0 saturated heterocycles. The molecule has 124 valence electrons. The summed E-state index contributed by atoms with van der Waals surface area (Å²) in [5.41, 5.74) is 0.732. The van der Waals surface area contributed by atoms with Crippen molar-refractivity contribution < 1.29 is 19.4 Å². The van der Waals surface area contributed by atoms with Crippen LogP contribution in [0.15, 0.2) is 53.1 Å². The van der Waals surface area contributed by atoms with Crippen LogP contribution in [0.4, 0.5) is 5.69 Å². The van der Waals surface area contributed by atoms with E-state index in [2.05, 4.69) is 0 Å². The third-order valence-electron chi connectivity index (χ3n) is 3.97. The maximum Gasteiger partial charge on any atom is 0.294 e. The highest BCUT2D eigenvalue weighted by molar-refractivity contribution is 7.10. The number of aliphatic hydroxyl groups excluding tert-OH is 1. The van der Waals surface area contributed by atoms with Gasteiger partial charge < -0.3 is 9.84 Å². The van der Waals surface area contributed by atoms with Gasteiger partial charge in [-0.05, 0) is 23.6 Å². The van der Waals surface area contributed by atoms with Crippen LogP contribution in [0, 0.1) is 0 Å². The molecule has 1 atom stereocenters. The fourth-order valence-corrected chi connectivity index (χ4v) is 3.65. The maximum absolute atomic E-state index is 12.7. The largest absolute Gasteiger partial charge is 0.503 e. The molecule has 1 aromatic carbocycles. The standard InChI is InChI=1S/C18H17NO4S/c1-3-13(20)15-16(14-8-5-9-24-14)19(18(22)17(15)21)11-6-4-7-12(10-11)23-2/h4-10,16,21H,3H2,1-2H3. The number of ether oxygens (including phenoxy) is 1. The number of benzene rings is 1. The van der Waals surface area contributed by atoms with E-state index in [1.165, 1.54) is 16.2 Å². The molecule has 5 nitrogen and oxygen atoms in total. The van der Waals surface area contributed by atoms with Crippen molar-refractivity contribution in [1.82, 2.24) is 0 Å². The molecular formula is C18H17NO4S. The number of rotatable bonds is 5. The molecule has 1 aromatic heterocycles. The molecule has 1 aliphatic rings. The first-order valence-corrected chi connectivity index (χ1v) is 8.43. The predicted octanol–water partition coefficient (Wildman–Crippen LogP) is 3.64. The van der Waals surface area contributed by atoms with E-state index in [-0.39, 0.29) is 17.8 Å². The van der Waals surface area contributed by atoms with E-state index in [1.54, 1.807) is 38.3 Å². The highest BCUT2D eigenvalue weighted by Gasteiger charge is 2.44. The van der Waals surface area contributed by atoms with E-state index in [9.17, 15) is 14.7 Å². The van der Waals surface area contributed by atoms with E-state index >= 15 is 0 Å². The maximum atomic E-state index is 12.7. The van der Waals surface area contributed by atoms with Gasteiger partial charge in [0.25, 0.3) is 5.91 Å². The molecule has 0 spiro atoms. The van der Waals surface area contributed by atoms with Gasteiger partial charge in [-0.2, -0.15) is 0 Å². The van der Waals surface area contributed by atoms with Crippen LogP contribution in [0.2, 0.25) is 0 Å². The summed E-state index contributed by atoms with van der Waals surface area (Å²) >= 11 is 1.44. The predicted molar refractivity (Wildman–Crippen MR) is 92.5 cm³/mol. The second kappa shape index (κ2) is 6.49. The van der Waals surface area contributed by atoms with Gasteiger partial charge in [0.05, 0.1) is 12.7 Å². The summed E-state index contributed by atoms with van der Waals surface area (Å²) in [6.07, 6.45) is 0.223. The van der Waals surface area contributed by atoms with Gasteiger partial charge in [0.2, 0.25) is 0 Å². The number of hydrogen-bond acceptors (Lipinski definition) is 5. The van der Waals surface area contributed by atoms with Crippen molar-refractivity contribution in [2.75, 3.05) is 12.0 Å². The minimum Gasteiger partial charge on any atom is -0.503 e. The molecule has 1 unspecified atom stereocenters. The van der Waals surface area contributed by atoms with Crippen LogP contribution in [-0.2, 0) is 9.59 Å². The molecule has 24 heavy (non-hydrogen) atoms. The Balaban J connectivity index is 2.15. The first kappa shape index (κ1) is 16.3. The van der Waals surface area contributed by atoms with Crippen LogP contribution in [0.1, 0.15) is 24.3 Å². The summed E-state index contributed by atoms with van der Waals surface area (Å²) in [5, 5.41) is 12.2. The average Bonchev–Trinajstić information content (AvgIpc) is 3.22. The van der Waals surface area contributed by atoms with E-state index < -0.39 is 17.7 Å². The Bertz CT molecular complexity index is 810. The summed E-state index contributed by atoms with van der Waals surface area (Å²) in [4.78, 5) is 27.3. The molecule has 6 heteroatoms. The number of thiophene rings is 1. The first-order valence-electron chi connectivity index (χ1n) is 7.55. The van der Waals surface area contributed by atoms with Gasteiger partial charge >= 0.3 is 0 Å². The second-order valence-corrected chi connectivity index (χ2v) is 6.31. The Morgan fingerprint density at radius 1 is 1.33 bits per heavy atom. The van der Waals surface area contributed by atoms with Gasteiger partial charge in [0.15, 0.2) is 11.5 Å². The van der Waals surface area contributed by atoms with Crippen LogP contribution in [0.25, 0.3) is 0 Å². The first-order chi connectivity index (χ1) is 11.6. The fourth-order valence-electron chi connectivity index (χ4n) is 2.82. The van der Waals surface area contributed by atoms with Gasteiger partial charge in [-0.1, -0.05) is 19.1 Å². The Labute approximate surface area is 143 Å². The van der Waals surface area contributed by atoms with Gasteiger partial charge in [-0.3, -0.25) is 14.5 Å². The third kappa shape index (κ3) is 2.59. The number of Topliss-reactive ketones (excluding diaryl/α,β-unsaturated/α-hetero) is 1. The highest BCUT2D eigenvalue weighted by Crippen LogP contribution is 2.43. The van der Waals surface area contributed by atoms with Crippen molar-refractivity contribution in [2.24, 2.45) is 0 Å². The summed E-state index contributed by atoms with van der Waals surface area (Å²) < 4.78 is 5.22. The molecule has 2 heterocycles. The normalized spacial score (nSPS) is 17.5. The lowest BCUT2D eigenvalue weighted by Gasteiger charge is -2.26. The number of carbonyl (C=O) groups is 2. The van der Waals surface area contributed by atoms with Crippen LogP contribution < -0.4 is 9.64 Å². The number of amides is 1. The molecule has 0 bridgehead atoms. The van der Waals surface area contributed by atoms with E-state index in [1.807, 2.05) is 17.5 Å². The molecular weight excluding hydrogens is 326 g/mol. The van der Waals surface area contributed by atoms with Crippen LogP contribution >= 0.6 is 11.3 Å². The minimum absolute atomic E-state index is 0.160. The van der Waals surface area contributed by atoms with Gasteiger partial charge in [0.1, 0.15) is 11.8 Å². The number of nitrogens with zero attached hydrogens (tertiary/aromatic N) is 1. The van der Waals surface area contributed by atoms with Gasteiger partial charge in [0, 0.05) is 23.1 Å². The number of aliphatic hydroxyl groups is 1. The van der Waals surface area contributed by atoms with E-state index in [0.29, 0.717) is 11.4 Å². The van der Waals surface area contributed by atoms with E-state index in [0.717, 1.165) is 4.88 Å². The zero-order chi connectivity index (χ0) is 17.3. The zero-order valence-electron chi connectivity index (χ0n) is 13.4. The van der Waals surface area contributed by atoms with Crippen LogP contribution in [0.3, 0.4) is 0 Å². The van der Waals surface area contributed by atoms with Crippen LogP contribution in [0.5, 0.6) is 5.75 Å². The molecule has 3 rings (SSSR count). The quantitative estimate of drug-likeness (QED) is 0.900. The minimum atomic E-state index is -0.614. The summed E-state index contributed by atoms with van der Waals surface area (Å²) in [6, 6.07) is 10.1. The lowest BCUT2D eigenvalue weighted by Crippen LogP contribution is -2.30. The highest BCUT2D eigenvalue weighted by atomic mass is 32.1. The van der Waals surface area contributed by atoms with Crippen molar-refractivity contribution in [1.29, 1.82) is 0 Å². The van der Waals surface area contributed by atoms with Crippen molar-refractivity contribution >= 4 is 28.7 Å². The van der Waals surface area contributed by atoms with Crippen molar-refractivity contribution in [3.63, 3.8) is 0 Å². The van der Waals surface area contributed by atoms with Crippen molar-refractivity contribution in [2.45, 2.75) is 19.4 Å². The number of anilines is 1. The molecule has 1 N–H and O–H groups in total. The molecule has 0 aliphatic carbocycles. The molecule has 0 radical (unpaired) electrons. The number of ketones is 1. The summed E-state index contributed by atoms with van der Waals surface area (Å²) in [5.74, 6) is -0.675. The third-order valence-corrected chi connectivity index (χ3v) is 4.90. The van der Waals surface area contributed by atoms with E-state index in [4.69, 9.17) is 4.74 Å². The van der Waals surface area contributed by atoms with Gasteiger partial charge in [-0.25, -0.2) is 0 Å². The molecule has 1 amide bonds. The molecule has 0 saturated carbocycles. The Kier molecular flexibility index (Phi) is 4.40. The lowest BCUT2D eigenvalue weighted by molar-refractivity contribution is -0.118. The zero-order valence-corrected chi connectivity index (χ0v) is 14.2. The van der Waals surface area contributed by atoms with Crippen molar-refractivity contribution in [3.8, 4) is 5.75 Å². The van der Waals surface area contributed by atoms with Crippen LogP contribution in [-0.4, -0.2) is 23.9 Å². The Hall–Kier alpha value is -2.60. The average molecular weight is 343 g/mol. The monoisotopic (exact) mass is 343 g/mol. The second-order valence-electron chi connectivity index (χ2n) is 5.33. The lowest BCUT2D eigenvalue weighted by atomic mass is 10.00. The smallest absolute Gasteiger partial charge is 0.294 e. The molecule has 0 fully saturated rings. The summed E-state index contributed by atoms with van der Waals surface area (Å²) in [6.45, 7) is 1.72. The topological polar surface area (TPSA) is 66.8 Å².